The highest BCUT2D eigenvalue weighted by molar-refractivity contribution is 8.14. The Morgan fingerprint density at radius 1 is 1.67 bits per heavy atom. The van der Waals surface area contributed by atoms with Crippen LogP contribution in [0.3, 0.4) is 0 Å². The highest BCUT2D eigenvalue weighted by Gasteiger charge is 2.18. The van der Waals surface area contributed by atoms with Crippen molar-refractivity contribution in [2.45, 2.75) is 31.9 Å². The van der Waals surface area contributed by atoms with Crippen LogP contribution in [0.25, 0.3) is 0 Å². The van der Waals surface area contributed by atoms with E-state index in [1.54, 1.807) is 0 Å². The predicted molar refractivity (Wildman–Crippen MR) is 74.1 cm³/mol. The lowest BCUT2D eigenvalue weighted by Crippen LogP contribution is -2.26. The zero-order valence-electron chi connectivity index (χ0n) is 9.95. The van der Waals surface area contributed by atoms with Crippen LogP contribution < -0.4 is 5.32 Å². The molecule has 0 spiro atoms. The van der Waals surface area contributed by atoms with E-state index < -0.39 is 0 Å². The van der Waals surface area contributed by atoms with E-state index in [0.29, 0.717) is 0 Å². The third kappa shape index (κ3) is 5.16. The minimum atomic E-state index is 0.730. The summed E-state index contributed by atoms with van der Waals surface area (Å²) in [5.74, 6) is 1.96. The van der Waals surface area contributed by atoms with Gasteiger partial charge in [-0.25, -0.2) is 0 Å². The summed E-state index contributed by atoms with van der Waals surface area (Å²) in [4.78, 5) is 4.53. The van der Waals surface area contributed by atoms with Crippen LogP contribution >= 0.6 is 23.5 Å². The van der Waals surface area contributed by atoms with Crippen molar-refractivity contribution in [3.63, 3.8) is 0 Å². The summed E-state index contributed by atoms with van der Waals surface area (Å²) in [6.07, 6.45) is 4.72. The number of hydrogen-bond acceptors (Lipinski definition) is 4. The van der Waals surface area contributed by atoms with E-state index in [-0.39, 0.29) is 0 Å². The van der Waals surface area contributed by atoms with Crippen molar-refractivity contribution in [3.8, 4) is 0 Å². The summed E-state index contributed by atoms with van der Waals surface area (Å²) in [5.41, 5.74) is 0. The van der Waals surface area contributed by atoms with Crippen LogP contribution in [0.4, 0.5) is 0 Å². The Bertz CT molecular complexity index is 207. The fourth-order valence-electron chi connectivity index (χ4n) is 1.59. The summed E-state index contributed by atoms with van der Waals surface area (Å²) in [5, 5.41) is 5.35. The van der Waals surface area contributed by atoms with E-state index in [9.17, 15) is 0 Å². The molecule has 2 nitrogen and oxygen atoms in total. The zero-order chi connectivity index (χ0) is 11.1. The largest absolute Gasteiger partial charge is 0.365 e. The standard InChI is InChI=1S/C11H22N2S2/c1-4-5-10-7-13-11(15-10)12-6-9(2)8-14-3/h9-10H,4-8H2,1-3H3,(H,12,13). The summed E-state index contributed by atoms with van der Waals surface area (Å²) >= 11 is 3.84. The summed E-state index contributed by atoms with van der Waals surface area (Å²) in [6.45, 7) is 6.60. The van der Waals surface area contributed by atoms with E-state index >= 15 is 0 Å². The van der Waals surface area contributed by atoms with Gasteiger partial charge >= 0.3 is 0 Å². The Labute approximate surface area is 102 Å². The lowest BCUT2D eigenvalue weighted by atomic mass is 10.2. The molecule has 4 heteroatoms. The minimum Gasteiger partial charge on any atom is -0.365 e. The van der Waals surface area contributed by atoms with E-state index in [2.05, 4.69) is 30.4 Å². The Morgan fingerprint density at radius 3 is 3.13 bits per heavy atom. The highest BCUT2D eigenvalue weighted by Crippen LogP contribution is 2.23. The SMILES string of the molecule is CCCC1CN=C(NCC(C)CSC)S1. The molecule has 0 aromatic rings. The Balaban J connectivity index is 2.13. The molecule has 0 aromatic carbocycles. The number of nitrogens with one attached hydrogen (secondary N) is 1. The van der Waals surface area contributed by atoms with Crippen molar-refractivity contribution in [1.82, 2.24) is 5.32 Å². The normalized spacial score (nSPS) is 22.6. The minimum absolute atomic E-state index is 0.730. The van der Waals surface area contributed by atoms with Crippen LogP contribution in [0.5, 0.6) is 0 Å². The molecule has 0 radical (unpaired) electrons. The van der Waals surface area contributed by atoms with Gasteiger partial charge < -0.3 is 5.32 Å². The fourth-order valence-corrected chi connectivity index (χ4v) is 3.41. The first-order valence-corrected chi connectivity index (χ1v) is 7.97. The van der Waals surface area contributed by atoms with Gasteiger partial charge in [-0.1, -0.05) is 32.0 Å². The maximum absolute atomic E-state index is 4.53. The molecule has 0 saturated carbocycles. The number of aliphatic imine (C=N–C) groups is 1. The molecule has 88 valence electrons. The predicted octanol–water partition coefficient (Wildman–Crippen LogP) is 2.85. The van der Waals surface area contributed by atoms with Gasteiger partial charge in [-0.3, -0.25) is 4.99 Å². The molecule has 1 N–H and O–H groups in total. The molecule has 15 heavy (non-hydrogen) atoms. The third-order valence-electron chi connectivity index (χ3n) is 2.38. The summed E-state index contributed by atoms with van der Waals surface area (Å²) in [6, 6.07) is 0. The molecule has 0 fully saturated rings. The first-order chi connectivity index (χ1) is 7.26. The molecule has 1 aliphatic heterocycles. The van der Waals surface area contributed by atoms with Gasteiger partial charge in [0.05, 0.1) is 6.54 Å². The number of hydrogen-bond donors (Lipinski definition) is 1. The monoisotopic (exact) mass is 246 g/mol. The molecule has 0 aromatic heterocycles. The van der Waals surface area contributed by atoms with Crippen LogP contribution in [-0.2, 0) is 0 Å². The first-order valence-electron chi connectivity index (χ1n) is 5.70. The van der Waals surface area contributed by atoms with Crippen LogP contribution in [-0.4, -0.2) is 35.5 Å². The number of nitrogens with zero attached hydrogens (tertiary/aromatic N) is 1. The van der Waals surface area contributed by atoms with Gasteiger partial charge in [-0.15, -0.1) is 0 Å². The van der Waals surface area contributed by atoms with Crippen molar-refractivity contribution in [3.05, 3.63) is 0 Å². The van der Waals surface area contributed by atoms with Crippen LogP contribution in [0.2, 0.25) is 0 Å². The van der Waals surface area contributed by atoms with Crippen LogP contribution in [0, 0.1) is 5.92 Å². The Hall–Kier alpha value is 0.170. The van der Waals surface area contributed by atoms with Crippen molar-refractivity contribution in [1.29, 1.82) is 0 Å². The lowest BCUT2D eigenvalue weighted by molar-refractivity contribution is 0.638. The van der Waals surface area contributed by atoms with Gasteiger partial charge in [0.2, 0.25) is 0 Å². The van der Waals surface area contributed by atoms with Crippen molar-refractivity contribution >= 4 is 28.7 Å². The van der Waals surface area contributed by atoms with Gasteiger partial charge in [-0.2, -0.15) is 11.8 Å². The summed E-state index contributed by atoms with van der Waals surface area (Å²) in [7, 11) is 0. The molecule has 1 heterocycles. The molecule has 0 bridgehead atoms. The third-order valence-corrected chi connectivity index (χ3v) is 4.50. The first kappa shape index (κ1) is 13.2. The smallest absolute Gasteiger partial charge is 0.156 e. The second-order valence-corrected chi connectivity index (χ2v) is 6.32. The van der Waals surface area contributed by atoms with Crippen molar-refractivity contribution in [2.24, 2.45) is 10.9 Å². The van der Waals surface area contributed by atoms with Crippen LogP contribution in [0.1, 0.15) is 26.7 Å². The number of thioether (sulfide) groups is 2. The van der Waals surface area contributed by atoms with Gasteiger partial charge in [0.1, 0.15) is 0 Å². The van der Waals surface area contributed by atoms with Gasteiger partial charge in [0.25, 0.3) is 0 Å². The zero-order valence-corrected chi connectivity index (χ0v) is 11.6. The second-order valence-electron chi connectivity index (χ2n) is 4.12. The molecule has 1 aliphatic rings. The van der Waals surface area contributed by atoms with E-state index in [4.69, 9.17) is 0 Å². The molecule has 2 unspecified atom stereocenters. The van der Waals surface area contributed by atoms with Crippen molar-refractivity contribution in [2.75, 3.05) is 25.1 Å². The molecule has 0 saturated heterocycles. The highest BCUT2D eigenvalue weighted by atomic mass is 32.2. The lowest BCUT2D eigenvalue weighted by Gasteiger charge is -2.12. The molecule has 1 rings (SSSR count). The maximum atomic E-state index is 4.53. The second kappa shape index (κ2) is 7.44. The Morgan fingerprint density at radius 2 is 2.47 bits per heavy atom. The maximum Gasteiger partial charge on any atom is 0.156 e. The number of amidine groups is 1. The van der Waals surface area contributed by atoms with Gasteiger partial charge in [0, 0.05) is 11.8 Å². The fraction of sp³-hybridized carbons (Fsp3) is 0.909. The molecule has 0 aliphatic carbocycles. The molecular weight excluding hydrogens is 224 g/mol. The topological polar surface area (TPSA) is 24.4 Å². The van der Waals surface area contributed by atoms with Gasteiger partial charge in [0.15, 0.2) is 5.17 Å². The van der Waals surface area contributed by atoms with E-state index in [1.165, 1.54) is 23.8 Å². The molecular formula is C11H22N2S2. The van der Waals surface area contributed by atoms with Gasteiger partial charge in [-0.05, 0) is 24.3 Å². The average molecular weight is 246 g/mol. The van der Waals surface area contributed by atoms with Crippen LogP contribution in [0.15, 0.2) is 4.99 Å². The quantitative estimate of drug-likeness (QED) is 0.780. The summed E-state index contributed by atoms with van der Waals surface area (Å²) < 4.78 is 0. The van der Waals surface area contributed by atoms with E-state index in [0.717, 1.165) is 24.3 Å². The molecule has 2 atom stereocenters. The van der Waals surface area contributed by atoms with Crippen molar-refractivity contribution < 1.29 is 0 Å². The Kier molecular flexibility index (Phi) is 6.57. The average Bonchev–Trinajstić information content (AvgIpc) is 2.64. The molecule has 0 amide bonds. The van der Waals surface area contributed by atoms with E-state index in [1.807, 2.05) is 23.5 Å². The number of rotatable bonds is 6.